The molecule has 0 radical (unpaired) electrons. The number of carbonyl (C=O) groups excluding carboxylic acids is 3. The molecule has 142 valence electrons. The molecular formula is C18H22BrFN2O4. The quantitative estimate of drug-likeness (QED) is 0.729. The minimum atomic E-state index is -1.03. The standard InChI is InChI=1S/C18H22BrFN2O4/c1-9-14-10(5-6-11(19)15(14)20)17(25)22(9)12(16(21)24)7-8-13(23)26-18(2,3)4/h5-6,9,12H,7-8H2,1-4H3,(H2,21,24)/t9-,12?/m1/s1. The van der Waals surface area contributed by atoms with E-state index in [2.05, 4.69) is 15.9 Å². The van der Waals surface area contributed by atoms with Gasteiger partial charge < -0.3 is 15.4 Å². The number of fused-ring (bicyclic) bond motifs is 1. The maximum atomic E-state index is 14.4. The minimum Gasteiger partial charge on any atom is -0.460 e. The van der Waals surface area contributed by atoms with Crippen molar-refractivity contribution >= 4 is 33.7 Å². The summed E-state index contributed by atoms with van der Waals surface area (Å²) in [5.41, 5.74) is 5.23. The van der Waals surface area contributed by atoms with Gasteiger partial charge in [0.1, 0.15) is 17.5 Å². The van der Waals surface area contributed by atoms with E-state index < -0.39 is 41.3 Å². The Kier molecular flexibility index (Phi) is 5.75. The summed E-state index contributed by atoms with van der Waals surface area (Å²) in [6, 6.07) is 1.25. The van der Waals surface area contributed by atoms with Crippen LogP contribution in [0, 0.1) is 5.82 Å². The highest BCUT2D eigenvalue weighted by Crippen LogP contribution is 2.39. The highest BCUT2D eigenvalue weighted by Gasteiger charge is 2.42. The first-order valence-corrected chi connectivity index (χ1v) is 9.05. The Bertz CT molecular complexity index is 760. The van der Waals surface area contributed by atoms with Crippen molar-refractivity contribution in [3.05, 3.63) is 33.5 Å². The third-order valence-corrected chi connectivity index (χ3v) is 4.75. The summed E-state index contributed by atoms with van der Waals surface area (Å²) in [7, 11) is 0. The summed E-state index contributed by atoms with van der Waals surface area (Å²) in [6.07, 6.45) is -0.0684. The van der Waals surface area contributed by atoms with Crippen molar-refractivity contribution in [3.63, 3.8) is 0 Å². The van der Waals surface area contributed by atoms with Crippen molar-refractivity contribution in [1.29, 1.82) is 0 Å². The summed E-state index contributed by atoms with van der Waals surface area (Å²) >= 11 is 3.10. The Morgan fingerprint density at radius 1 is 1.38 bits per heavy atom. The molecule has 2 amide bonds. The normalized spacial score (nSPS) is 17.8. The zero-order chi connectivity index (χ0) is 19.8. The molecule has 1 heterocycles. The van der Waals surface area contributed by atoms with Gasteiger partial charge in [-0.25, -0.2) is 4.39 Å². The summed E-state index contributed by atoms with van der Waals surface area (Å²) in [5.74, 6) is -2.26. The third kappa shape index (κ3) is 4.06. The molecule has 0 aliphatic carbocycles. The molecule has 26 heavy (non-hydrogen) atoms. The molecule has 0 saturated carbocycles. The fourth-order valence-corrected chi connectivity index (χ4v) is 3.44. The van der Waals surface area contributed by atoms with Crippen LogP contribution in [0.4, 0.5) is 4.39 Å². The lowest BCUT2D eigenvalue weighted by atomic mass is 10.0. The lowest BCUT2D eigenvalue weighted by Crippen LogP contribution is -2.46. The molecule has 1 aliphatic rings. The van der Waals surface area contributed by atoms with E-state index in [1.54, 1.807) is 27.7 Å². The van der Waals surface area contributed by atoms with E-state index in [0.29, 0.717) is 0 Å². The summed E-state index contributed by atoms with van der Waals surface area (Å²) < 4.78 is 19.9. The van der Waals surface area contributed by atoms with E-state index >= 15 is 0 Å². The number of nitrogens with two attached hydrogens (primary N) is 1. The van der Waals surface area contributed by atoms with Crippen LogP contribution < -0.4 is 5.73 Å². The molecular weight excluding hydrogens is 407 g/mol. The molecule has 0 fully saturated rings. The van der Waals surface area contributed by atoms with E-state index in [-0.39, 0.29) is 28.4 Å². The van der Waals surface area contributed by atoms with Crippen LogP contribution in [0.2, 0.25) is 0 Å². The van der Waals surface area contributed by atoms with Crippen molar-refractivity contribution in [1.82, 2.24) is 4.90 Å². The van der Waals surface area contributed by atoms with Crippen LogP contribution in [0.3, 0.4) is 0 Å². The van der Waals surface area contributed by atoms with Crippen molar-refractivity contribution in [3.8, 4) is 0 Å². The largest absolute Gasteiger partial charge is 0.460 e. The van der Waals surface area contributed by atoms with Gasteiger partial charge in [0.05, 0.1) is 10.5 Å². The number of benzene rings is 1. The summed E-state index contributed by atoms with van der Waals surface area (Å²) in [4.78, 5) is 37.8. The number of carbonyl (C=O) groups is 3. The Morgan fingerprint density at radius 2 is 2.00 bits per heavy atom. The van der Waals surface area contributed by atoms with E-state index in [9.17, 15) is 18.8 Å². The van der Waals surface area contributed by atoms with E-state index in [0.717, 1.165) is 0 Å². The molecule has 2 N–H and O–H groups in total. The number of ether oxygens (including phenoxy) is 1. The van der Waals surface area contributed by atoms with Gasteiger partial charge in [0.2, 0.25) is 5.91 Å². The second-order valence-corrected chi connectivity index (χ2v) is 8.11. The van der Waals surface area contributed by atoms with E-state index in [1.807, 2.05) is 0 Å². The smallest absolute Gasteiger partial charge is 0.306 e. The third-order valence-electron chi connectivity index (χ3n) is 4.14. The second-order valence-electron chi connectivity index (χ2n) is 7.25. The molecule has 8 heteroatoms. The topological polar surface area (TPSA) is 89.7 Å². The number of hydrogen-bond donors (Lipinski definition) is 1. The van der Waals surface area contributed by atoms with Gasteiger partial charge in [0.15, 0.2) is 0 Å². The second kappa shape index (κ2) is 7.34. The molecule has 1 unspecified atom stereocenters. The number of primary amides is 1. The fourth-order valence-electron chi connectivity index (χ4n) is 3.09. The van der Waals surface area contributed by atoms with Crippen LogP contribution in [0.1, 0.15) is 62.5 Å². The van der Waals surface area contributed by atoms with Gasteiger partial charge in [-0.2, -0.15) is 0 Å². The molecule has 2 atom stereocenters. The average molecular weight is 429 g/mol. The lowest BCUT2D eigenvalue weighted by molar-refractivity contribution is -0.155. The highest BCUT2D eigenvalue weighted by molar-refractivity contribution is 9.10. The van der Waals surface area contributed by atoms with Gasteiger partial charge in [-0.15, -0.1) is 0 Å². The molecule has 0 saturated heterocycles. The molecule has 1 aliphatic heterocycles. The van der Waals surface area contributed by atoms with Gasteiger partial charge in [0, 0.05) is 17.5 Å². The number of rotatable bonds is 5. The fraction of sp³-hybridized carbons (Fsp3) is 0.500. The predicted octanol–water partition coefficient (Wildman–Crippen LogP) is 3.08. The Labute approximate surface area is 160 Å². The molecule has 0 bridgehead atoms. The van der Waals surface area contributed by atoms with Crippen molar-refractivity contribution < 1.29 is 23.5 Å². The Balaban J connectivity index is 2.23. The van der Waals surface area contributed by atoms with Crippen LogP contribution in [0.25, 0.3) is 0 Å². The molecule has 0 aromatic heterocycles. The number of amides is 2. The van der Waals surface area contributed by atoms with Crippen LogP contribution in [-0.2, 0) is 14.3 Å². The number of nitrogens with zero attached hydrogens (tertiary/aromatic N) is 1. The number of hydrogen-bond acceptors (Lipinski definition) is 4. The van der Waals surface area contributed by atoms with E-state index in [4.69, 9.17) is 10.5 Å². The Morgan fingerprint density at radius 3 is 2.54 bits per heavy atom. The molecule has 6 nitrogen and oxygen atoms in total. The maximum Gasteiger partial charge on any atom is 0.306 e. The van der Waals surface area contributed by atoms with Crippen molar-refractivity contribution in [2.45, 2.75) is 58.2 Å². The van der Waals surface area contributed by atoms with E-state index in [1.165, 1.54) is 17.0 Å². The van der Waals surface area contributed by atoms with Crippen molar-refractivity contribution in [2.75, 3.05) is 0 Å². The van der Waals surface area contributed by atoms with Gasteiger partial charge in [-0.3, -0.25) is 14.4 Å². The molecule has 1 aromatic rings. The van der Waals surface area contributed by atoms with Gasteiger partial charge >= 0.3 is 5.97 Å². The molecule has 0 spiro atoms. The predicted molar refractivity (Wildman–Crippen MR) is 96.7 cm³/mol. The van der Waals surface area contributed by atoms with Gasteiger partial charge in [-0.1, -0.05) is 0 Å². The first-order chi connectivity index (χ1) is 11.9. The van der Waals surface area contributed by atoms with Crippen LogP contribution >= 0.6 is 15.9 Å². The SMILES string of the molecule is C[C@@H]1c2c(ccc(Br)c2F)C(=O)N1C(CCC(=O)OC(C)(C)C)C(N)=O. The average Bonchev–Trinajstić information content (AvgIpc) is 2.74. The summed E-state index contributed by atoms with van der Waals surface area (Å²) in [5, 5.41) is 0. The van der Waals surface area contributed by atoms with Gasteiger partial charge in [-0.05, 0) is 62.2 Å². The maximum absolute atomic E-state index is 14.4. The highest BCUT2D eigenvalue weighted by atomic mass is 79.9. The monoisotopic (exact) mass is 428 g/mol. The lowest BCUT2D eigenvalue weighted by Gasteiger charge is -2.30. The number of esters is 1. The zero-order valence-electron chi connectivity index (χ0n) is 15.1. The molecule has 2 rings (SSSR count). The van der Waals surface area contributed by atoms with Crippen LogP contribution in [-0.4, -0.2) is 34.3 Å². The summed E-state index contributed by atoms with van der Waals surface area (Å²) in [6.45, 7) is 6.84. The first kappa shape index (κ1) is 20.4. The zero-order valence-corrected chi connectivity index (χ0v) is 16.7. The van der Waals surface area contributed by atoms with Crippen LogP contribution in [0.5, 0.6) is 0 Å². The number of halogens is 2. The first-order valence-electron chi connectivity index (χ1n) is 8.25. The van der Waals surface area contributed by atoms with Crippen LogP contribution in [0.15, 0.2) is 16.6 Å². The minimum absolute atomic E-state index is 0.0110. The molecule has 1 aromatic carbocycles. The van der Waals surface area contributed by atoms with Gasteiger partial charge in [0.25, 0.3) is 5.91 Å². The van der Waals surface area contributed by atoms with Crippen molar-refractivity contribution in [2.24, 2.45) is 5.73 Å². The Hall–Kier alpha value is -1.96.